The zero-order chi connectivity index (χ0) is 10.6. The van der Waals surface area contributed by atoms with Gasteiger partial charge in [-0.3, -0.25) is 0 Å². The van der Waals surface area contributed by atoms with Crippen LogP contribution in [0.15, 0.2) is 6.07 Å². The van der Waals surface area contributed by atoms with Gasteiger partial charge in [0.15, 0.2) is 0 Å². The Bertz CT molecular complexity index is 354. The average Bonchev–Trinajstić information content (AvgIpc) is 2.45. The van der Waals surface area contributed by atoms with Crippen LogP contribution in [0.25, 0.3) is 0 Å². The molecule has 1 unspecified atom stereocenters. The molecule has 1 atom stereocenters. The van der Waals surface area contributed by atoms with Crippen LogP contribution in [0.2, 0.25) is 0 Å². The summed E-state index contributed by atoms with van der Waals surface area (Å²) >= 11 is 1.74. The molecule has 1 heterocycles. The van der Waals surface area contributed by atoms with E-state index in [1.165, 1.54) is 9.75 Å². The van der Waals surface area contributed by atoms with Crippen molar-refractivity contribution in [3.05, 3.63) is 21.4 Å². The van der Waals surface area contributed by atoms with Gasteiger partial charge in [0, 0.05) is 16.2 Å². The molecule has 2 heteroatoms. The molecule has 1 aromatic heterocycles. The molecule has 76 valence electrons. The van der Waals surface area contributed by atoms with E-state index in [4.69, 9.17) is 0 Å². The van der Waals surface area contributed by atoms with Crippen LogP contribution in [-0.2, 0) is 0 Å². The predicted octanol–water partition coefficient (Wildman–Crippen LogP) is 3.20. The second kappa shape index (κ2) is 5.19. The molecule has 0 fully saturated rings. The lowest BCUT2D eigenvalue weighted by Gasteiger charge is -2.07. The molecule has 0 aromatic carbocycles. The molecule has 0 saturated carbocycles. The molecule has 0 amide bonds. The lowest BCUT2D eigenvalue weighted by atomic mass is 10.1. The molecular formula is C12H16OS. The molecule has 0 saturated heterocycles. The highest BCUT2D eigenvalue weighted by Crippen LogP contribution is 2.28. The van der Waals surface area contributed by atoms with E-state index >= 15 is 0 Å². The Labute approximate surface area is 89.8 Å². The van der Waals surface area contributed by atoms with E-state index in [2.05, 4.69) is 31.8 Å². The normalized spacial score (nSPS) is 12.0. The van der Waals surface area contributed by atoms with Gasteiger partial charge < -0.3 is 5.11 Å². The Morgan fingerprint density at radius 3 is 2.71 bits per heavy atom. The van der Waals surface area contributed by atoms with E-state index in [0.717, 1.165) is 18.4 Å². The van der Waals surface area contributed by atoms with Crippen molar-refractivity contribution in [3.63, 3.8) is 0 Å². The Morgan fingerprint density at radius 2 is 2.21 bits per heavy atom. The fraction of sp³-hybridized carbons (Fsp3) is 0.500. The van der Waals surface area contributed by atoms with Gasteiger partial charge in [-0.15, -0.1) is 23.2 Å². The second-order valence-electron chi connectivity index (χ2n) is 3.35. The molecule has 14 heavy (non-hydrogen) atoms. The van der Waals surface area contributed by atoms with Crippen molar-refractivity contribution in [2.24, 2.45) is 0 Å². The van der Waals surface area contributed by atoms with Gasteiger partial charge in [-0.05, 0) is 38.8 Å². The summed E-state index contributed by atoms with van der Waals surface area (Å²) in [4.78, 5) is 2.48. The lowest BCUT2D eigenvalue weighted by molar-refractivity contribution is 0.169. The summed E-state index contributed by atoms with van der Waals surface area (Å²) in [6.45, 7) is 5.95. The number of aryl methyl sites for hydroxylation is 2. The van der Waals surface area contributed by atoms with Crippen LogP contribution in [-0.4, -0.2) is 5.11 Å². The first-order chi connectivity index (χ1) is 6.65. The zero-order valence-electron chi connectivity index (χ0n) is 8.92. The first-order valence-electron chi connectivity index (χ1n) is 4.79. The molecule has 1 aromatic rings. The topological polar surface area (TPSA) is 20.2 Å². The molecule has 0 aliphatic rings. The maximum atomic E-state index is 9.88. The van der Waals surface area contributed by atoms with Crippen LogP contribution in [0.5, 0.6) is 0 Å². The molecule has 1 N–H and O–H groups in total. The van der Waals surface area contributed by atoms with E-state index in [1.54, 1.807) is 11.3 Å². The summed E-state index contributed by atoms with van der Waals surface area (Å²) in [6, 6.07) is 2.07. The predicted molar refractivity (Wildman–Crippen MR) is 61.4 cm³/mol. The van der Waals surface area contributed by atoms with Gasteiger partial charge in [0.05, 0.1) is 6.10 Å². The smallest absolute Gasteiger partial charge is 0.0809 e. The van der Waals surface area contributed by atoms with Crippen molar-refractivity contribution < 1.29 is 5.11 Å². The monoisotopic (exact) mass is 208 g/mol. The lowest BCUT2D eigenvalue weighted by Crippen LogP contribution is -1.96. The molecule has 1 nitrogen and oxygen atoms in total. The van der Waals surface area contributed by atoms with Gasteiger partial charge in [-0.25, -0.2) is 0 Å². The number of aliphatic hydroxyl groups is 1. The van der Waals surface area contributed by atoms with Gasteiger partial charge in [0.2, 0.25) is 0 Å². The maximum absolute atomic E-state index is 9.88. The number of hydrogen-bond donors (Lipinski definition) is 1. The Morgan fingerprint density at radius 1 is 1.50 bits per heavy atom. The van der Waals surface area contributed by atoms with Crippen molar-refractivity contribution >= 4 is 11.3 Å². The van der Waals surface area contributed by atoms with Gasteiger partial charge in [-0.2, -0.15) is 0 Å². The quantitative estimate of drug-likeness (QED) is 0.756. The molecule has 0 aliphatic heterocycles. The van der Waals surface area contributed by atoms with Crippen molar-refractivity contribution in [1.29, 1.82) is 0 Å². The van der Waals surface area contributed by atoms with E-state index in [-0.39, 0.29) is 6.10 Å². The average molecular weight is 208 g/mol. The molecule has 0 spiro atoms. The van der Waals surface area contributed by atoms with Crippen molar-refractivity contribution in [2.75, 3.05) is 0 Å². The summed E-state index contributed by atoms with van der Waals surface area (Å²) in [6.07, 6.45) is 1.16. The van der Waals surface area contributed by atoms with Crippen LogP contribution in [0.3, 0.4) is 0 Å². The van der Waals surface area contributed by atoms with Gasteiger partial charge >= 0.3 is 0 Å². The molecule has 1 rings (SSSR count). The largest absolute Gasteiger partial charge is 0.388 e. The van der Waals surface area contributed by atoms with E-state index in [0.29, 0.717) is 0 Å². The highest BCUT2D eigenvalue weighted by molar-refractivity contribution is 7.12. The Balaban J connectivity index is 2.62. The second-order valence-corrected chi connectivity index (χ2v) is 4.81. The highest BCUT2D eigenvalue weighted by atomic mass is 32.1. The van der Waals surface area contributed by atoms with Crippen molar-refractivity contribution in [3.8, 4) is 11.8 Å². The van der Waals surface area contributed by atoms with E-state index < -0.39 is 0 Å². The molecular weight excluding hydrogens is 192 g/mol. The Hall–Kier alpha value is -0.780. The van der Waals surface area contributed by atoms with Gasteiger partial charge in [0.1, 0.15) is 0 Å². The number of aliphatic hydroxyl groups excluding tert-OH is 1. The summed E-state index contributed by atoms with van der Waals surface area (Å²) < 4.78 is 0. The minimum atomic E-state index is -0.346. The fourth-order valence-corrected chi connectivity index (χ4v) is 2.45. The standard InChI is InChI=1S/C12H16OS/c1-4-5-6-7-12(13)11-8-9(2)14-10(11)3/h8,12-13H,6-7H2,1-3H3. The Kier molecular flexibility index (Phi) is 4.19. The summed E-state index contributed by atoms with van der Waals surface area (Å²) in [5.41, 5.74) is 1.07. The van der Waals surface area contributed by atoms with E-state index in [9.17, 15) is 5.11 Å². The van der Waals surface area contributed by atoms with E-state index in [1.807, 2.05) is 6.92 Å². The minimum absolute atomic E-state index is 0.346. The number of thiophene rings is 1. The first-order valence-corrected chi connectivity index (χ1v) is 5.61. The molecule has 0 bridgehead atoms. The van der Waals surface area contributed by atoms with Crippen LogP contribution < -0.4 is 0 Å². The fourth-order valence-electron chi connectivity index (χ4n) is 1.47. The molecule has 0 aliphatic carbocycles. The van der Waals surface area contributed by atoms with Crippen molar-refractivity contribution in [2.45, 2.75) is 39.7 Å². The SMILES string of the molecule is CC#CCCC(O)c1cc(C)sc1C. The first kappa shape index (κ1) is 11.3. The van der Waals surface area contributed by atoms with Crippen molar-refractivity contribution in [1.82, 2.24) is 0 Å². The van der Waals surface area contributed by atoms with Crippen LogP contribution in [0, 0.1) is 25.7 Å². The van der Waals surface area contributed by atoms with Gasteiger partial charge in [-0.1, -0.05) is 0 Å². The summed E-state index contributed by atoms with van der Waals surface area (Å²) in [5, 5.41) is 9.88. The highest BCUT2D eigenvalue weighted by Gasteiger charge is 2.11. The van der Waals surface area contributed by atoms with Crippen LogP contribution in [0.1, 0.15) is 41.2 Å². The maximum Gasteiger partial charge on any atom is 0.0809 e. The molecule has 0 radical (unpaired) electrons. The third-order valence-electron chi connectivity index (χ3n) is 2.16. The third-order valence-corrected chi connectivity index (χ3v) is 3.14. The third kappa shape index (κ3) is 2.87. The van der Waals surface area contributed by atoms with Gasteiger partial charge in [0.25, 0.3) is 0 Å². The van der Waals surface area contributed by atoms with Crippen LogP contribution in [0.4, 0.5) is 0 Å². The summed E-state index contributed by atoms with van der Waals surface area (Å²) in [5.74, 6) is 5.80. The van der Waals surface area contributed by atoms with Crippen LogP contribution >= 0.6 is 11.3 Å². The zero-order valence-corrected chi connectivity index (χ0v) is 9.74. The summed E-state index contributed by atoms with van der Waals surface area (Å²) in [7, 11) is 0. The number of hydrogen-bond acceptors (Lipinski definition) is 2. The number of rotatable bonds is 3. The minimum Gasteiger partial charge on any atom is -0.388 e.